The number of carbonyl (C=O) groups is 1. The zero-order valence-electron chi connectivity index (χ0n) is 12.1. The van der Waals surface area contributed by atoms with Crippen molar-refractivity contribution in [1.29, 1.82) is 0 Å². The standard InChI is InChI=1S/C13H20ClN3O3S/c1-9(2)16-13(18)12-7-11(21(14,19)20)8-17(12)10-3-5-15-6-4-10/h7-10,15H,3-6H2,1-2H3,(H,16,18). The van der Waals surface area contributed by atoms with Crippen molar-refractivity contribution < 1.29 is 13.2 Å². The second kappa shape index (κ2) is 6.37. The number of hydrogen-bond donors (Lipinski definition) is 2. The average Bonchev–Trinajstić information content (AvgIpc) is 2.84. The highest BCUT2D eigenvalue weighted by atomic mass is 35.7. The fraction of sp³-hybridized carbons (Fsp3) is 0.615. The van der Waals surface area contributed by atoms with Crippen LogP contribution in [0.1, 0.15) is 43.2 Å². The van der Waals surface area contributed by atoms with Crippen molar-refractivity contribution >= 4 is 25.6 Å². The number of aromatic nitrogens is 1. The summed E-state index contributed by atoms with van der Waals surface area (Å²) in [6.45, 7) is 5.40. The van der Waals surface area contributed by atoms with E-state index < -0.39 is 9.05 Å². The second-order valence-corrected chi connectivity index (χ2v) is 8.08. The lowest BCUT2D eigenvalue weighted by Crippen LogP contribution is -2.34. The van der Waals surface area contributed by atoms with Gasteiger partial charge in [0.2, 0.25) is 0 Å². The van der Waals surface area contributed by atoms with Gasteiger partial charge >= 0.3 is 0 Å². The predicted octanol–water partition coefficient (Wildman–Crippen LogP) is 1.48. The van der Waals surface area contributed by atoms with E-state index in [0.717, 1.165) is 25.9 Å². The van der Waals surface area contributed by atoms with Crippen molar-refractivity contribution in [2.75, 3.05) is 13.1 Å². The third-order valence-corrected chi connectivity index (χ3v) is 4.78. The maximum absolute atomic E-state index is 12.3. The summed E-state index contributed by atoms with van der Waals surface area (Å²) in [5.74, 6) is -0.282. The number of rotatable bonds is 4. The topological polar surface area (TPSA) is 80.2 Å². The fourth-order valence-electron chi connectivity index (χ4n) is 2.49. The molecule has 0 spiro atoms. The van der Waals surface area contributed by atoms with Gasteiger partial charge < -0.3 is 15.2 Å². The quantitative estimate of drug-likeness (QED) is 0.818. The molecule has 0 unspecified atom stereocenters. The van der Waals surface area contributed by atoms with E-state index in [4.69, 9.17) is 10.7 Å². The minimum absolute atomic E-state index is 0.0232. The number of hydrogen-bond acceptors (Lipinski definition) is 4. The predicted molar refractivity (Wildman–Crippen MR) is 81.2 cm³/mol. The van der Waals surface area contributed by atoms with Crippen LogP contribution in [0.15, 0.2) is 17.2 Å². The zero-order chi connectivity index (χ0) is 15.6. The number of nitrogens with zero attached hydrogens (tertiary/aromatic N) is 1. The third kappa shape index (κ3) is 3.99. The summed E-state index contributed by atoms with van der Waals surface area (Å²) in [7, 11) is 1.56. The molecule has 2 rings (SSSR count). The molecule has 2 N–H and O–H groups in total. The van der Waals surface area contributed by atoms with Crippen molar-refractivity contribution in [3.05, 3.63) is 18.0 Å². The maximum Gasteiger partial charge on any atom is 0.268 e. The molecule has 1 fully saturated rings. The van der Waals surface area contributed by atoms with Gasteiger partial charge in [0, 0.05) is 29.0 Å². The lowest BCUT2D eigenvalue weighted by atomic mass is 10.1. The molecular formula is C13H20ClN3O3S. The molecule has 2 heterocycles. The van der Waals surface area contributed by atoms with Gasteiger partial charge in [-0.3, -0.25) is 4.79 Å². The second-order valence-electron chi connectivity index (χ2n) is 5.52. The first-order valence-electron chi connectivity index (χ1n) is 6.97. The van der Waals surface area contributed by atoms with Crippen molar-refractivity contribution in [2.24, 2.45) is 0 Å². The molecule has 1 aliphatic rings. The molecule has 1 aromatic rings. The van der Waals surface area contributed by atoms with Crippen LogP contribution in [0.4, 0.5) is 0 Å². The normalized spacial score (nSPS) is 17.1. The summed E-state index contributed by atoms with van der Waals surface area (Å²) in [4.78, 5) is 12.2. The summed E-state index contributed by atoms with van der Waals surface area (Å²) in [6.07, 6.45) is 3.16. The molecule has 0 aliphatic carbocycles. The van der Waals surface area contributed by atoms with E-state index in [9.17, 15) is 13.2 Å². The molecule has 0 aromatic carbocycles. The number of carbonyl (C=O) groups excluding carboxylic acids is 1. The van der Waals surface area contributed by atoms with E-state index in [-0.39, 0.29) is 22.9 Å². The Morgan fingerprint density at radius 1 is 1.43 bits per heavy atom. The summed E-state index contributed by atoms with van der Waals surface area (Å²) < 4.78 is 24.8. The van der Waals surface area contributed by atoms with E-state index in [0.29, 0.717) is 5.69 Å². The molecule has 118 valence electrons. The van der Waals surface area contributed by atoms with E-state index in [2.05, 4.69) is 10.6 Å². The Kier molecular flexibility index (Phi) is 4.95. The number of amides is 1. The van der Waals surface area contributed by atoms with Crippen LogP contribution < -0.4 is 10.6 Å². The molecular weight excluding hydrogens is 314 g/mol. The van der Waals surface area contributed by atoms with Crippen LogP contribution in [0.5, 0.6) is 0 Å². The lowest BCUT2D eigenvalue weighted by Gasteiger charge is -2.26. The van der Waals surface area contributed by atoms with Gasteiger partial charge in [-0.25, -0.2) is 8.42 Å². The van der Waals surface area contributed by atoms with Crippen LogP contribution >= 0.6 is 10.7 Å². The largest absolute Gasteiger partial charge is 0.349 e. The van der Waals surface area contributed by atoms with Crippen LogP contribution in [0.2, 0.25) is 0 Å². The summed E-state index contributed by atoms with van der Waals surface area (Å²) >= 11 is 0. The molecule has 8 heteroatoms. The number of piperidine rings is 1. The van der Waals surface area contributed by atoms with Crippen LogP contribution in [-0.2, 0) is 9.05 Å². The van der Waals surface area contributed by atoms with Crippen molar-refractivity contribution in [1.82, 2.24) is 15.2 Å². The molecule has 1 aliphatic heterocycles. The van der Waals surface area contributed by atoms with Crippen LogP contribution in [0, 0.1) is 0 Å². The van der Waals surface area contributed by atoms with Crippen LogP contribution in [0.25, 0.3) is 0 Å². The Morgan fingerprint density at radius 3 is 2.57 bits per heavy atom. The zero-order valence-corrected chi connectivity index (χ0v) is 13.7. The first kappa shape index (κ1) is 16.3. The Morgan fingerprint density at radius 2 is 2.05 bits per heavy atom. The first-order chi connectivity index (χ1) is 9.79. The fourth-order valence-corrected chi connectivity index (χ4v) is 3.24. The average molecular weight is 334 g/mol. The SMILES string of the molecule is CC(C)NC(=O)c1cc(S(=O)(=O)Cl)cn1C1CCNCC1. The van der Waals surface area contributed by atoms with Gasteiger partial charge in [0.15, 0.2) is 0 Å². The Hall–Kier alpha value is -1.05. The molecule has 1 saturated heterocycles. The highest BCUT2D eigenvalue weighted by Crippen LogP contribution is 2.26. The molecule has 0 radical (unpaired) electrons. The Balaban J connectivity index is 2.40. The Bertz CT molecular complexity index is 619. The third-order valence-electron chi connectivity index (χ3n) is 3.46. The van der Waals surface area contributed by atoms with Gasteiger partial charge in [-0.1, -0.05) is 0 Å². The number of nitrogens with one attached hydrogen (secondary N) is 2. The van der Waals surface area contributed by atoms with Crippen LogP contribution in [-0.4, -0.2) is 38.0 Å². The summed E-state index contributed by atoms with van der Waals surface area (Å²) in [5, 5.41) is 6.03. The summed E-state index contributed by atoms with van der Waals surface area (Å²) in [5.41, 5.74) is 0.342. The van der Waals surface area contributed by atoms with Gasteiger partial charge in [-0.2, -0.15) is 0 Å². The maximum atomic E-state index is 12.3. The molecule has 0 bridgehead atoms. The summed E-state index contributed by atoms with van der Waals surface area (Å²) in [6, 6.07) is 1.43. The monoisotopic (exact) mass is 333 g/mol. The molecule has 0 saturated carbocycles. The smallest absolute Gasteiger partial charge is 0.268 e. The van der Waals surface area contributed by atoms with Gasteiger partial charge in [0.25, 0.3) is 15.0 Å². The van der Waals surface area contributed by atoms with E-state index in [1.165, 1.54) is 12.3 Å². The molecule has 21 heavy (non-hydrogen) atoms. The van der Waals surface area contributed by atoms with Gasteiger partial charge in [-0.15, -0.1) is 0 Å². The van der Waals surface area contributed by atoms with Gasteiger partial charge in [-0.05, 0) is 45.8 Å². The van der Waals surface area contributed by atoms with Gasteiger partial charge in [0.1, 0.15) is 10.6 Å². The first-order valence-corrected chi connectivity index (χ1v) is 9.28. The van der Waals surface area contributed by atoms with E-state index >= 15 is 0 Å². The highest BCUT2D eigenvalue weighted by molar-refractivity contribution is 8.13. The molecule has 0 atom stereocenters. The molecule has 1 amide bonds. The van der Waals surface area contributed by atoms with E-state index in [1.54, 1.807) is 4.57 Å². The van der Waals surface area contributed by atoms with Crippen molar-refractivity contribution in [2.45, 2.75) is 43.7 Å². The van der Waals surface area contributed by atoms with Crippen molar-refractivity contribution in [3.63, 3.8) is 0 Å². The molecule has 6 nitrogen and oxygen atoms in total. The van der Waals surface area contributed by atoms with Crippen LogP contribution in [0.3, 0.4) is 0 Å². The van der Waals surface area contributed by atoms with E-state index in [1.807, 2.05) is 13.8 Å². The number of halogens is 1. The molecule has 1 aromatic heterocycles. The van der Waals surface area contributed by atoms with Crippen molar-refractivity contribution in [3.8, 4) is 0 Å². The minimum Gasteiger partial charge on any atom is -0.349 e. The minimum atomic E-state index is -3.85. The Labute approximate surface area is 129 Å². The van der Waals surface area contributed by atoms with Gasteiger partial charge in [0.05, 0.1) is 0 Å². The highest BCUT2D eigenvalue weighted by Gasteiger charge is 2.25. The lowest BCUT2D eigenvalue weighted by molar-refractivity contribution is 0.0930.